The molecule has 1 aromatic heterocycles. The molecule has 0 atom stereocenters. The van der Waals surface area contributed by atoms with Crippen molar-refractivity contribution in [2.45, 2.75) is 38.5 Å². The summed E-state index contributed by atoms with van der Waals surface area (Å²) in [5.74, 6) is 0.961. The van der Waals surface area contributed by atoms with Crippen molar-refractivity contribution in [2.75, 3.05) is 5.73 Å². The van der Waals surface area contributed by atoms with Crippen LogP contribution in [0.2, 0.25) is 0 Å². The normalized spacial score (nSPS) is 14.1. The molecule has 2 aromatic rings. The van der Waals surface area contributed by atoms with E-state index < -0.39 is 0 Å². The Bertz CT molecular complexity index is 578. The van der Waals surface area contributed by atoms with Crippen LogP contribution in [0.5, 0.6) is 0 Å². The summed E-state index contributed by atoms with van der Waals surface area (Å²) in [5, 5.41) is 0. The predicted molar refractivity (Wildman–Crippen MR) is 76.9 cm³/mol. The van der Waals surface area contributed by atoms with Gasteiger partial charge in [-0.05, 0) is 55.4 Å². The second kappa shape index (κ2) is 5.39. The summed E-state index contributed by atoms with van der Waals surface area (Å²) >= 11 is 0. The highest BCUT2D eigenvalue weighted by molar-refractivity contribution is 5.40. The van der Waals surface area contributed by atoms with E-state index in [1.807, 2.05) is 24.4 Å². The molecule has 1 aliphatic rings. The minimum absolute atomic E-state index is 0.823. The molecule has 3 rings (SSSR count). The summed E-state index contributed by atoms with van der Waals surface area (Å²) in [4.78, 5) is 9.20. The smallest absolute Gasteiger partial charge is 0.128 e. The minimum Gasteiger partial charge on any atom is -0.399 e. The van der Waals surface area contributed by atoms with Crippen molar-refractivity contribution >= 4 is 5.69 Å². The van der Waals surface area contributed by atoms with Crippen LogP contribution in [-0.4, -0.2) is 9.97 Å². The lowest BCUT2D eigenvalue weighted by atomic mass is 9.97. The predicted octanol–water partition coefficient (Wildman–Crippen LogP) is 2.72. The van der Waals surface area contributed by atoms with Crippen molar-refractivity contribution in [3.05, 3.63) is 53.1 Å². The van der Waals surface area contributed by atoms with Gasteiger partial charge in [0.25, 0.3) is 0 Å². The van der Waals surface area contributed by atoms with Crippen LogP contribution in [0.25, 0.3) is 0 Å². The molecule has 0 unspecified atom stereocenters. The van der Waals surface area contributed by atoms with Gasteiger partial charge >= 0.3 is 0 Å². The number of nitrogen functional groups attached to an aromatic ring is 1. The van der Waals surface area contributed by atoms with Gasteiger partial charge in [0.1, 0.15) is 5.82 Å². The topological polar surface area (TPSA) is 51.8 Å². The average Bonchev–Trinajstić information content (AvgIpc) is 2.45. The van der Waals surface area contributed by atoms with Gasteiger partial charge in [-0.15, -0.1) is 0 Å². The summed E-state index contributed by atoms with van der Waals surface area (Å²) in [6.07, 6.45) is 8.66. The molecule has 0 saturated heterocycles. The second-order valence-electron chi connectivity index (χ2n) is 5.21. The molecule has 0 aliphatic heterocycles. The summed E-state index contributed by atoms with van der Waals surface area (Å²) in [6, 6.07) is 8.05. The van der Waals surface area contributed by atoms with Crippen molar-refractivity contribution in [1.82, 2.24) is 9.97 Å². The summed E-state index contributed by atoms with van der Waals surface area (Å²) < 4.78 is 0. The molecule has 0 radical (unpaired) electrons. The third-order valence-electron chi connectivity index (χ3n) is 3.70. The van der Waals surface area contributed by atoms with Crippen LogP contribution < -0.4 is 5.73 Å². The van der Waals surface area contributed by atoms with Crippen LogP contribution in [0, 0.1) is 0 Å². The van der Waals surface area contributed by atoms with Crippen LogP contribution in [0.1, 0.15) is 35.5 Å². The summed E-state index contributed by atoms with van der Waals surface area (Å²) in [7, 11) is 0. The van der Waals surface area contributed by atoms with E-state index in [0.29, 0.717) is 0 Å². The van der Waals surface area contributed by atoms with E-state index in [4.69, 9.17) is 10.7 Å². The molecule has 98 valence electrons. The van der Waals surface area contributed by atoms with Crippen LogP contribution in [0.15, 0.2) is 30.5 Å². The van der Waals surface area contributed by atoms with Gasteiger partial charge in [-0.1, -0.05) is 12.1 Å². The lowest BCUT2D eigenvalue weighted by Gasteiger charge is -2.14. The zero-order valence-corrected chi connectivity index (χ0v) is 11.1. The number of hydrogen-bond acceptors (Lipinski definition) is 3. The number of nitrogens with two attached hydrogens (primary N) is 1. The first-order valence-corrected chi connectivity index (χ1v) is 6.99. The summed E-state index contributed by atoms with van der Waals surface area (Å²) in [6.45, 7) is 0. The van der Waals surface area contributed by atoms with E-state index in [1.165, 1.54) is 29.7 Å². The van der Waals surface area contributed by atoms with E-state index in [1.54, 1.807) is 0 Å². The monoisotopic (exact) mass is 253 g/mol. The van der Waals surface area contributed by atoms with Gasteiger partial charge in [0.15, 0.2) is 0 Å². The second-order valence-corrected chi connectivity index (χ2v) is 5.21. The maximum Gasteiger partial charge on any atom is 0.128 e. The minimum atomic E-state index is 0.823. The molecule has 0 bridgehead atoms. The first-order chi connectivity index (χ1) is 9.31. The molecule has 3 nitrogen and oxygen atoms in total. The highest BCUT2D eigenvalue weighted by Gasteiger charge is 2.11. The molecule has 2 N–H and O–H groups in total. The molecular weight excluding hydrogens is 234 g/mol. The molecule has 0 saturated carbocycles. The molecule has 0 spiro atoms. The molecule has 0 amide bonds. The van der Waals surface area contributed by atoms with Gasteiger partial charge in [-0.25, -0.2) is 9.97 Å². The number of nitrogens with zero attached hydrogens (tertiary/aromatic N) is 2. The van der Waals surface area contributed by atoms with Gasteiger partial charge < -0.3 is 5.73 Å². The molecule has 0 fully saturated rings. The zero-order chi connectivity index (χ0) is 13.1. The maximum absolute atomic E-state index is 5.79. The van der Waals surface area contributed by atoms with E-state index in [2.05, 4.69) is 11.1 Å². The third-order valence-corrected chi connectivity index (χ3v) is 3.70. The fourth-order valence-electron chi connectivity index (χ4n) is 2.64. The average molecular weight is 253 g/mol. The molecular formula is C16H19N3. The number of rotatable bonds is 3. The Labute approximate surface area is 113 Å². The zero-order valence-electron chi connectivity index (χ0n) is 11.1. The van der Waals surface area contributed by atoms with Crippen molar-refractivity contribution in [3.8, 4) is 0 Å². The highest BCUT2D eigenvalue weighted by Crippen LogP contribution is 2.18. The Hall–Kier alpha value is -1.90. The van der Waals surface area contributed by atoms with E-state index in [9.17, 15) is 0 Å². The highest BCUT2D eigenvalue weighted by atomic mass is 14.9. The summed E-state index contributed by atoms with van der Waals surface area (Å²) in [5.41, 5.74) is 10.5. The Morgan fingerprint density at radius 1 is 1.11 bits per heavy atom. The standard InChI is InChI=1S/C16H19N3/c17-14-6-3-4-12(10-14)8-9-16-18-11-13-5-1-2-7-15(13)19-16/h3-4,6,10-11H,1-2,5,7-9,17H2. The van der Waals surface area contributed by atoms with Gasteiger partial charge in [-0.3, -0.25) is 0 Å². The number of fused-ring (bicyclic) bond motifs is 1. The number of anilines is 1. The van der Waals surface area contributed by atoms with Crippen LogP contribution in [-0.2, 0) is 25.7 Å². The van der Waals surface area contributed by atoms with E-state index >= 15 is 0 Å². The number of aryl methyl sites for hydroxylation is 4. The lowest BCUT2D eigenvalue weighted by molar-refractivity contribution is 0.652. The largest absolute Gasteiger partial charge is 0.399 e. The van der Waals surface area contributed by atoms with Gasteiger partial charge in [0.05, 0.1) is 0 Å². The maximum atomic E-state index is 5.79. The first-order valence-electron chi connectivity index (χ1n) is 6.99. The lowest BCUT2D eigenvalue weighted by Crippen LogP contribution is -2.09. The number of benzene rings is 1. The van der Waals surface area contributed by atoms with E-state index in [0.717, 1.165) is 37.2 Å². The van der Waals surface area contributed by atoms with Crippen LogP contribution >= 0.6 is 0 Å². The molecule has 1 aliphatic carbocycles. The Kier molecular flexibility index (Phi) is 3.45. The molecule has 3 heteroatoms. The fourth-order valence-corrected chi connectivity index (χ4v) is 2.64. The fraction of sp³-hybridized carbons (Fsp3) is 0.375. The van der Waals surface area contributed by atoms with Crippen molar-refractivity contribution in [1.29, 1.82) is 0 Å². The number of hydrogen-bond donors (Lipinski definition) is 1. The van der Waals surface area contributed by atoms with Crippen LogP contribution in [0.3, 0.4) is 0 Å². The van der Waals surface area contributed by atoms with Crippen molar-refractivity contribution in [2.24, 2.45) is 0 Å². The van der Waals surface area contributed by atoms with Crippen molar-refractivity contribution in [3.63, 3.8) is 0 Å². The SMILES string of the molecule is Nc1cccc(CCc2ncc3c(n2)CCCC3)c1. The van der Waals surface area contributed by atoms with Gasteiger partial charge in [0, 0.05) is 24.0 Å². The molecule has 19 heavy (non-hydrogen) atoms. The third kappa shape index (κ3) is 2.92. The Morgan fingerprint density at radius 2 is 2.00 bits per heavy atom. The Morgan fingerprint density at radius 3 is 2.89 bits per heavy atom. The van der Waals surface area contributed by atoms with E-state index in [-0.39, 0.29) is 0 Å². The van der Waals surface area contributed by atoms with Gasteiger partial charge in [-0.2, -0.15) is 0 Å². The quantitative estimate of drug-likeness (QED) is 0.856. The number of aromatic nitrogens is 2. The molecule has 1 aromatic carbocycles. The Balaban J connectivity index is 1.70. The van der Waals surface area contributed by atoms with Gasteiger partial charge in [0.2, 0.25) is 0 Å². The van der Waals surface area contributed by atoms with Crippen LogP contribution in [0.4, 0.5) is 5.69 Å². The first kappa shape index (κ1) is 12.2. The van der Waals surface area contributed by atoms with Crippen molar-refractivity contribution < 1.29 is 0 Å². The molecule has 1 heterocycles.